The van der Waals surface area contributed by atoms with Gasteiger partial charge >= 0.3 is 6.36 Å². The molecule has 6 nitrogen and oxygen atoms in total. The van der Waals surface area contributed by atoms with E-state index in [9.17, 15) is 18.0 Å². The number of ether oxygens (including phenoxy) is 1. The number of quaternary nitrogens is 1. The Kier molecular flexibility index (Phi) is 7.25. The summed E-state index contributed by atoms with van der Waals surface area (Å²) in [6, 6.07) is 5.36. The Morgan fingerprint density at radius 2 is 1.85 bits per heavy atom. The van der Waals surface area contributed by atoms with Gasteiger partial charge in [0.15, 0.2) is 11.7 Å². The van der Waals surface area contributed by atoms with Crippen molar-refractivity contribution in [3.8, 4) is 5.75 Å². The number of thiocarbonyl (C=S) groups is 1. The third kappa shape index (κ3) is 7.59. The molecule has 10 heteroatoms. The molecule has 0 aliphatic carbocycles. The van der Waals surface area contributed by atoms with Crippen molar-refractivity contribution in [2.45, 2.75) is 26.3 Å². The molecule has 0 atom stereocenters. The number of rotatable bonds is 5. The summed E-state index contributed by atoms with van der Waals surface area (Å²) in [5.74, 6) is -0.515. The van der Waals surface area contributed by atoms with Crippen molar-refractivity contribution < 1.29 is 27.6 Å². The van der Waals surface area contributed by atoms with Crippen LogP contribution < -0.4 is 20.3 Å². The molecule has 0 bridgehead atoms. The van der Waals surface area contributed by atoms with Crippen LogP contribution in [0, 0.1) is 0 Å². The second-order valence-corrected chi connectivity index (χ2v) is 7.03. The molecule has 1 amide bonds. The van der Waals surface area contributed by atoms with Gasteiger partial charge in [-0.05, 0) is 50.3 Å². The predicted molar refractivity (Wildman–Crippen MR) is 99.8 cm³/mol. The zero-order chi connectivity index (χ0) is 20.0. The van der Waals surface area contributed by atoms with E-state index in [-0.39, 0.29) is 17.7 Å². The highest BCUT2D eigenvalue weighted by Gasteiger charge is 2.31. The van der Waals surface area contributed by atoms with Gasteiger partial charge in [0.2, 0.25) is 0 Å². The van der Waals surface area contributed by atoms with Crippen LogP contribution in [0.25, 0.3) is 0 Å². The van der Waals surface area contributed by atoms with Gasteiger partial charge in [0.05, 0.1) is 26.2 Å². The van der Waals surface area contributed by atoms with Crippen molar-refractivity contribution in [1.82, 2.24) is 10.2 Å². The Labute approximate surface area is 161 Å². The number of hydrogen-bond donors (Lipinski definition) is 3. The Morgan fingerprint density at radius 1 is 1.26 bits per heavy atom. The molecule has 1 aromatic carbocycles. The Balaban J connectivity index is 1.76. The maximum Gasteiger partial charge on any atom is 0.573 e. The van der Waals surface area contributed by atoms with Crippen molar-refractivity contribution in [3.05, 3.63) is 24.3 Å². The second-order valence-electron chi connectivity index (χ2n) is 6.64. The average Bonchev–Trinajstić information content (AvgIpc) is 2.55. The number of anilines is 1. The number of piperazine rings is 1. The molecule has 0 spiro atoms. The lowest BCUT2D eigenvalue weighted by molar-refractivity contribution is -0.895. The van der Waals surface area contributed by atoms with E-state index < -0.39 is 6.36 Å². The van der Waals surface area contributed by atoms with Crippen LogP contribution in [-0.4, -0.2) is 61.0 Å². The first-order valence-electron chi connectivity index (χ1n) is 8.67. The molecule has 27 heavy (non-hydrogen) atoms. The van der Waals surface area contributed by atoms with E-state index in [1.165, 1.54) is 12.1 Å². The van der Waals surface area contributed by atoms with Crippen molar-refractivity contribution in [2.24, 2.45) is 0 Å². The summed E-state index contributed by atoms with van der Waals surface area (Å²) in [4.78, 5) is 15.4. The molecular formula is C17H24F3N4O2S+. The minimum atomic E-state index is -4.73. The van der Waals surface area contributed by atoms with Crippen molar-refractivity contribution >= 4 is 28.9 Å². The quantitative estimate of drug-likeness (QED) is 0.639. The van der Waals surface area contributed by atoms with Crippen LogP contribution in [0.3, 0.4) is 0 Å². The lowest BCUT2D eigenvalue weighted by atomic mass is 10.3. The number of nitrogens with zero attached hydrogens (tertiary/aromatic N) is 1. The fourth-order valence-electron chi connectivity index (χ4n) is 2.71. The van der Waals surface area contributed by atoms with Gasteiger partial charge in [-0.15, -0.1) is 13.2 Å². The lowest BCUT2D eigenvalue weighted by Gasteiger charge is -2.34. The van der Waals surface area contributed by atoms with Gasteiger partial charge < -0.3 is 25.2 Å². The molecule has 1 fully saturated rings. The van der Waals surface area contributed by atoms with Gasteiger partial charge in [0.1, 0.15) is 5.75 Å². The van der Waals surface area contributed by atoms with Crippen LogP contribution in [0.1, 0.15) is 13.8 Å². The Morgan fingerprint density at radius 3 is 2.37 bits per heavy atom. The molecule has 0 unspecified atom stereocenters. The van der Waals surface area contributed by atoms with E-state index in [1.807, 2.05) is 13.8 Å². The maximum absolute atomic E-state index is 12.2. The van der Waals surface area contributed by atoms with Gasteiger partial charge in [0.25, 0.3) is 5.91 Å². The number of benzene rings is 1. The topological polar surface area (TPSA) is 58.0 Å². The summed E-state index contributed by atoms with van der Waals surface area (Å²) in [5, 5.41) is 6.63. The van der Waals surface area contributed by atoms with Gasteiger partial charge in [-0.3, -0.25) is 4.79 Å². The molecule has 2 rings (SSSR count). The molecule has 1 aromatic rings. The van der Waals surface area contributed by atoms with Gasteiger partial charge in [0, 0.05) is 11.7 Å². The largest absolute Gasteiger partial charge is 0.573 e. The van der Waals surface area contributed by atoms with Crippen LogP contribution in [0.5, 0.6) is 5.75 Å². The number of carbonyl (C=O) groups excluding carboxylic acids is 1. The van der Waals surface area contributed by atoms with E-state index in [4.69, 9.17) is 12.2 Å². The van der Waals surface area contributed by atoms with Crippen LogP contribution in [0.2, 0.25) is 0 Å². The number of hydrogen-bond acceptors (Lipinski definition) is 3. The summed E-state index contributed by atoms with van der Waals surface area (Å²) in [6.07, 6.45) is -4.73. The van der Waals surface area contributed by atoms with Crippen LogP contribution >= 0.6 is 12.2 Å². The van der Waals surface area contributed by atoms with Crippen LogP contribution in [0.15, 0.2) is 24.3 Å². The molecule has 1 aliphatic rings. The minimum absolute atomic E-state index is 0.189. The van der Waals surface area contributed by atoms with Crippen LogP contribution in [-0.2, 0) is 4.79 Å². The maximum atomic E-state index is 12.2. The van der Waals surface area contributed by atoms with Gasteiger partial charge in [-0.2, -0.15) is 0 Å². The van der Waals surface area contributed by atoms with Gasteiger partial charge in [-0.25, -0.2) is 0 Å². The normalized spacial score (nSPS) is 15.6. The van der Waals surface area contributed by atoms with E-state index in [0.717, 1.165) is 48.3 Å². The first-order valence-corrected chi connectivity index (χ1v) is 9.08. The summed E-state index contributed by atoms with van der Waals surface area (Å²) >= 11 is 5.35. The summed E-state index contributed by atoms with van der Waals surface area (Å²) in [7, 11) is 0. The second kappa shape index (κ2) is 9.23. The Hall–Kier alpha value is -2.07. The number of alkyl halides is 3. The average molecular weight is 405 g/mol. The zero-order valence-corrected chi connectivity index (χ0v) is 16.0. The monoisotopic (exact) mass is 405 g/mol. The van der Waals surface area contributed by atoms with E-state index in [1.54, 1.807) is 0 Å². The molecular weight excluding hydrogens is 381 g/mol. The third-order valence-electron chi connectivity index (χ3n) is 3.95. The van der Waals surface area contributed by atoms with Crippen molar-refractivity contribution in [2.75, 3.05) is 38.0 Å². The summed E-state index contributed by atoms with van der Waals surface area (Å²) < 4.78 is 40.2. The number of carbonyl (C=O) groups is 1. The highest BCUT2D eigenvalue weighted by molar-refractivity contribution is 7.80. The Bertz CT molecular complexity index is 645. The first kappa shape index (κ1) is 21.2. The third-order valence-corrected chi connectivity index (χ3v) is 4.33. The number of halogens is 3. The zero-order valence-electron chi connectivity index (χ0n) is 15.2. The first-order chi connectivity index (χ1) is 12.6. The highest BCUT2D eigenvalue weighted by Crippen LogP contribution is 2.23. The van der Waals surface area contributed by atoms with Crippen LogP contribution in [0.4, 0.5) is 18.9 Å². The molecule has 3 N–H and O–H groups in total. The fraction of sp³-hybridized carbons (Fsp3) is 0.529. The number of nitrogens with one attached hydrogen (secondary N) is 3. The predicted octanol–water partition coefficient (Wildman–Crippen LogP) is 1.01. The van der Waals surface area contributed by atoms with Crippen molar-refractivity contribution in [1.29, 1.82) is 0 Å². The molecule has 1 aliphatic heterocycles. The molecule has 0 saturated carbocycles. The lowest BCUT2D eigenvalue weighted by Crippen LogP contribution is -3.15. The molecule has 150 valence electrons. The molecule has 0 aromatic heterocycles. The molecule has 1 heterocycles. The molecule has 1 saturated heterocycles. The number of amides is 1. The summed E-state index contributed by atoms with van der Waals surface area (Å²) in [5.41, 5.74) is 0.426. The highest BCUT2D eigenvalue weighted by atomic mass is 32.1. The van der Waals surface area contributed by atoms with E-state index in [2.05, 4.69) is 20.3 Å². The standard InChI is InChI=1S/C17H23F3N4O2S/c1-12(2)21-16(27)24-9-7-23(8-10-24)11-15(25)22-13-3-5-14(6-4-13)26-17(18,19)20/h3-6,12H,7-11H2,1-2H3,(H,21,27)(H,22,25)/p+1. The summed E-state index contributed by atoms with van der Waals surface area (Å²) in [6.45, 7) is 7.45. The van der Waals surface area contributed by atoms with E-state index >= 15 is 0 Å². The van der Waals surface area contributed by atoms with E-state index in [0.29, 0.717) is 12.2 Å². The minimum Gasteiger partial charge on any atom is -0.406 e. The van der Waals surface area contributed by atoms with Crippen molar-refractivity contribution in [3.63, 3.8) is 0 Å². The van der Waals surface area contributed by atoms with Gasteiger partial charge in [-0.1, -0.05) is 0 Å². The smallest absolute Gasteiger partial charge is 0.406 e. The molecule has 0 radical (unpaired) electrons. The SMILES string of the molecule is CC(C)NC(=S)N1CC[NH+](CC(=O)Nc2ccc(OC(F)(F)F)cc2)CC1. The fourth-order valence-corrected chi connectivity index (χ4v) is 3.13.